The van der Waals surface area contributed by atoms with Crippen LogP contribution in [0.5, 0.6) is 0 Å². The van der Waals surface area contributed by atoms with Gasteiger partial charge in [0.2, 0.25) is 5.95 Å². The van der Waals surface area contributed by atoms with Crippen LogP contribution in [0, 0.1) is 18.6 Å². The number of methoxy groups -OCH3 is 1. The number of halogens is 2. The lowest BCUT2D eigenvalue weighted by Crippen LogP contribution is -2.06. The minimum absolute atomic E-state index is 0.199. The number of nitrogens with zero attached hydrogens (tertiary/aromatic N) is 2. The molecule has 0 fully saturated rings. The van der Waals surface area contributed by atoms with Gasteiger partial charge in [-0.3, -0.25) is 0 Å². The number of hydrogen-bond acceptors (Lipinski definition) is 3. The zero-order chi connectivity index (χ0) is 14.5. The summed E-state index contributed by atoms with van der Waals surface area (Å²) in [6.07, 6.45) is 2.70. The van der Waals surface area contributed by atoms with Gasteiger partial charge in [-0.1, -0.05) is 0 Å². The van der Waals surface area contributed by atoms with E-state index in [1.165, 1.54) is 12.1 Å². The molecule has 0 aliphatic rings. The molecule has 0 spiro atoms. The van der Waals surface area contributed by atoms with Crippen LogP contribution < -0.4 is 5.32 Å². The Morgan fingerprint density at radius 1 is 1.35 bits per heavy atom. The van der Waals surface area contributed by atoms with Gasteiger partial charge >= 0.3 is 0 Å². The number of anilines is 2. The number of imidazole rings is 1. The summed E-state index contributed by atoms with van der Waals surface area (Å²) in [7, 11) is 1.65. The molecule has 4 nitrogen and oxygen atoms in total. The normalized spacial score (nSPS) is 10.8. The van der Waals surface area contributed by atoms with Crippen LogP contribution in [0.3, 0.4) is 0 Å². The molecule has 108 valence electrons. The Bertz CT molecular complexity index is 584. The van der Waals surface area contributed by atoms with E-state index in [4.69, 9.17) is 4.74 Å². The van der Waals surface area contributed by atoms with Crippen LogP contribution in [0.15, 0.2) is 24.4 Å². The molecule has 20 heavy (non-hydrogen) atoms. The van der Waals surface area contributed by atoms with Crippen molar-refractivity contribution in [2.75, 3.05) is 19.0 Å². The SMILES string of the molecule is COCCCn1cc(C)nc1Nc1ccc(F)cc1F. The van der Waals surface area contributed by atoms with Gasteiger partial charge in [-0.25, -0.2) is 13.8 Å². The molecule has 0 bridgehead atoms. The van der Waals surface area contributed by atoms with Gasteiger partial charge in [-0.15, -0.1) is 0 Å². The molecule has 2 rings (SSSR count). The predicted octanol–water partition coefficient (Wildman–Crippen LogP) is 3.25. The lowest BCUT2D eigenvalue weighted by Gasteiger charge is -2.10. The van der Waals surface area contributed by atoms with Crippen molar-refractivity contribution in [1.29, 1.82) is 0 Å². The second kappa shape index (κ2) is 6.47. The second-order valence-corrected chi connectivity index (χ2v) is 4.49. The average Bonchev–Trinajstić information content (AvgIpc) is 2.73. The first-order valence-corrected chi connectivity index (χ1v) is 6.35. The predicted molar refractivity (Wildman–Crippen MR) is 73.1 cm³/mol. The molecule has 1 heterocycles. The number of benzene rings is 1. The number of aromatic nitrogens is 2. The van der Waals surface area contributed by atoms with Crippen molar-refractivity contribution in [3.63, 3.8) is 0 Å². The third kappa shape index (κ3) is 3.54. The van der Waals surface area contributed by atoms with Crippen LogP contribution in [0.1, 0.15) is 12.1 Å². The van der Waals surface area contributed by atoms with E-state index in [2.05, 4.69) is 10.3 Å². The lowest BCUT2D eigenvalue weighted by molar-refractivity contribution is 0.190. The van der Waals surface area contributed by atoms with E-state index < -0.39 is 11.6 Å². The van der Waals surface area contributed by atoms with Crippen LogP contribution in [-0.4, -0.2) is 23.3 Å². The maximum atomic E-state index is 13.6. The quantitative estimate of drug-likeness (QED) is 0.826. The summed E-state index contributed by atoms with van der Waals surface area (Å²) < 4.78 is 33.4. The third-order valence-electron chi connectivity index (χ3n) is 2.82. The molecule has 0 aliphatic heterocycles. The van der Waals surface area contributed by atoms with E-state index in [0.29, 0.717) is 19.1 Å². The van der Waals surface area contributed by atoms with Gasteiger partial charge in [0.15, 0.2) is 0 Å². The van der Waals surface area contributed by atoms with Crippen molar-refractivity contribution in [1.82, 2.24) is 9.55 Å². The van der Waals surface area contributed by atoms with Gasteiger partial charge in [-0.05, 0) is 25.5 Å². The number of ether oxygens (including phenoxy) is 1. The van der Waals surface area contributed by atoms with E-state index in [0.717, 1.165) is 18.2 Å². The Balaban J connectivity index is 2.15. The largest absolute Gasteiger partial charge is 0.385 e. The minimum Gasteiger partial charge on any atom is -0.385 e. The number of aryl methyl sites for hydroxylation is 2. The molecule has 0 unspecified atom stereocenters. The third-order valence-corrected chi connectivity index (χ3v) is 2.82. The van der Waals surface area contributed by atoms with E-state index in [-0.39, 0.29) is 5.69 Å². The summed E-state index contributed by atoms with van der Waals surface area (Å²) in [5.41, 5.74) is 1.03. The van der Waals surface area contributed by atoms with Crippen LogP contribution in [-0.2, 0) is 11.3 Å². The Kier molecular flexibility index (Phi) is 4.68. The molecular weight excluding hydrogens is 264 g/mol. The Morgan fingerprint density at radius 2 is 2.15 bits per heavy atom. The van der Waals surface area contributed by atoms with Gasteiger partial charge in [0.25, 0.3) is 0 Å². The lowest BCUT2D eigenvalue weighted by atomic mass is 10.3. The fourth-order valence-corrected chi connectivity index (χ4v) is 1.91. The summed E-state index contributed by atoms with van der Waals surface area (Å²) in [5.74, 6) is -0.717. The Labute approximate surface area is 116 Å². The minimum atomic E-state index is -0.644. The van der Waals surface area contributed by atoms with Crippen molar-refractivity contribution in [2.24, 2.45) is 0 Å². The topological polar surface area (TPSA) is 39.1 Å². The maximum Gasteiger partial charge on any atom is 0.207 e. The summed E-state index contributed by atoms with van der Waals surface area (Å²) in [6, 6.07) is 3.40. The zero-order valence-electron chi connectivity index (χ0n) is 11.5. The first-order chi connectivity index (χ1) is 9.60. The molecule has 1 N–H and O–H groups in total. The van der Waals surface area contributed by atoms with Crippen LogP contribution in [0.2, 0.25) is 0 Å². The molecule has 1 aromatic carbocycles. The molecule has 0 saturated heterocycles. The van der Waals surface area contributed by atoms with Crippen LogP contribution in [0.25, 0.3) is 0 Å². The fourth-order valence-electron chi connectivity index (χ4n) is 1.91. The number of rotatable bonds is 6. The van der Waals surface area contributed by atoms with Crippen molar-refractivity contribution in [3.8, 4) is 0 Å². The molecule has 1 aromatic heterocycles. The van der Waals surface area contributed by atoms with E-state index in [1.54, 1.807) is 7.11 Å². The highest BCUT2D eigenvalue weighted by atomic mass is 19.1. The summed E-state index contributed by atoms with van der Waals surface area (Å²) in [5, 5.41) is 2.89. The highest BCUT2D eigenvalue weighted by Crippen LogP contribution is 2.20. The van der Waals surface area contributed by atoms with Gasteiger partial charge in [0, 0.05) is 32.5 Å². The summed E-state index contributed by atoms with van der Waals surface area (Å²) >= 11 is 0. The van der Waals surface area contributed by atoms with Crippen LogP contribution >= 0.6 is 0 Å². The Hall–Kier alpha value is -1.95. The molecule has 0 amide bonds. The average molecular weight is 281 g/mol. The van der Waals surface area contributed by atoms with Gasteiger partial charge < -0.3 is 14.6 Å². The second-order valence-electron chi connectivity index (χ2n) is 4.49. The number of hydrogen-bond donors (Lipinski definition) is 1. The van der Waals surface area contributed by atoms with Gasteiger partial charge in [-0.2, -0.15) is 0 Å². The highest BCUT2D eigenvalue weighted by molar-refractivity contribution is 5.54. The van der Waals surface area contributed by atoms with Crippen molar-refractivity contribution < 1.29 is 13.5 Å². The van der Waals surface area contributed by atoms with E-state index in [9.17, 15) is 8.78 Å². The maximum absolute atomic E-state index is 13.6. The van der Waals surface area contributed by atoms with Crippen LogP contribution in [0.4, 0.5) is 20.4 Å². The smallest absolute Gasteiger partial charge is 0.207 e. The zero-order valence-corrected chi connectivity index (χ0v) is 11.5. The molecule has 6 heteroatoms. The molecule has 0 atom stereocenters. The monoisotopic (exact) mass is 281 g/mol. The molecular formula is C14H17F2N3O. The molecule has 0 radical (unpaired) electrons. The van der Waals surface area contributed by atoms with Gasteiger partial charge in [0.1, 0.15) is 11.6 Å². The molecule has 2 aromatic rings. The highest BCUT2D eigenvalue weighted by Gasteiger charge is 2.09. The van der Waals surface area contributed by atoms with E-state index in [1.807, 2.05) is 17.7 Å². The van der Waals surface area contributed by atoms with Crippen molar-refractivity contribution in [3.05, 3.63) is 41.7 Å². The Morgan fingerprint density at radius 3 is 2.85 bits per heavy atom. The first kappa shape index (κ1) is 14.5. The standard InChI is InChI=1S/C14H17F2N3O/c1-10-9-19(6-3-7-20-2)14(17-10)18-13-5-4-11(15)8-12(13)16/h4-5,8-9H,3,6-7H2,1-2H3,(H,17,18). The van der Waals surface area contributed by atoms with E-state index >= 15 is 0 Å². The van der Waals surface area contributed by atoms with Crippen molar-refractivity contribution in [2.45, 2.75) is 19.9 Å². The molecule has 0 aliphatic carbocycles. The first-order valence-electron chi connectivity index (χ1n) is 6.35. The van der Waals surface area contributed by atoms with Gasteiger partial charge in [0.05, 0.1) is 11.4 Å². The fraction of sp³-hybridized carbons (Fsp3) is 0.357. The number of nitrogens with one attached hydrogen (secondary N) is 1. The molecule has 0 saturated carbocycles. The summed E-state index contributed by atoms with van der Waals surface area (Å²) in [6.45, 7) is 3.21. The van der Waals surface area contributed by atoms with Crippen molar-refractivity contribution >= 4 is 11.6 Å². The summed E-state index contributed by atoms with van der Waals surface area (Å²) in [4.78, 5) is 4.30.